The van der Waals surface area contributed by atoms with Crippen LogP contribution in [0, 0.1) is 0 Å². The van der Waals surface area contributed by atoms with Crippen molar-refractivity contribution >= 4 is 11.6 Å². The van der Waals surface area contributed by atoms with E-state index >= 15 is 0 Å². The zero-order valence-corrected chi connectivity index (χ0v) is 8.33. The summed E-state index contributed by atoms with van der Waals surface area (Å²) in [6.45, 7) is 1.70. The molecule has 3 heteroatoms. The molecule has 3 N–H and O–H groups in total. The molecule has 0 radical (unpaired) electrons. The van der Waals surface area contributed by atoms with E-state index in [9.17, 15) is 5.11 Å². The molecule has 0 aliphatic carbocycles. The van der Waals surface area contributed by atoms with E-state index in [2.05, 4.69) is 0 Å². The van der Waals surface area contributed by atoms with Gasteiger partial charge in [-0.3, -0.25) is 0 Å². The topological polar surface area (TPSA) is 46.2 Å². The highest BCUT2D eigenvalue weighted by Crippen LogP contribution is 2.11. The fraction of sp³-hybridized carbons (Fsp3) is 0.400. The number of aliphatic hydroxyl groups is 1. The first-order chi connectivity index (χ1) is 6.09. The second kappa shape index (κ2) is 4.61. The summed E-state index contributed by atoms with van der Waals surface area (Å²) < 4.78 is 0. The summed E-state index contributed by atoms with van der Waals surface area (Å²) in [5.74, 6) is 0. The van der Waals surface area contributed by atoms with Gasteiger partial charge in [0.2, 0.25) is 0 Å². The smallest absolute Gasteiger partial charge is 0.0666 e. The highest BCUT2D eigenvalue weighted by atomic mass is 35.5. The zero-order chi connectivity index (χ0) is 9.84. The molecule has 1 rings (SSSR count). The normalized spacial score (nSPS) is 15.4. The van der Waals surface area contributed by atoms with Gasteiger partial charge in [-0.05, 0) is 31.0 Å². The number of rotatable bonds is 3. The minimum absolute atomic E-state index is 0.207. The molecule has 0 fully saturated rings. The van der Waals surface area contributed by atoms with Crippen LogP contribution in [0.15, 0.2) is 24.3 Å². The van der Waals surface area contributed by atoms with Crippen LogP contribution in [-0.4, -0.2) is 17.3 Å². The van der Waals surface area contributed by atoms with Crippen LogP contribution < -0.4 is 5.73 Å². The van der Waals surface area contributed by atoms with Gasteiger partial charge in [0.05, 0.1) is 6.10 Å². The third kappa shape index (κ3) is 3.35. The number of benzene rings is 1. The van der Waals surface area contributed by atoms with Crippen LogP contribution in [0.25, 0.3) is 0 Å². The van der Waals surface area contributed by atoms with Crippen molar-refractivity contribution < 1.29 is 5.11 Å². The molecule has 0 unspecified atom stereocenters. The SMILES string of the molecule is C[C@@H](O)[C@@H](N)Cc1ccc(Cl)cc1. The maximum atomic E-state index is 9.19. The summed E-state index contributed by atoms with van der Waals surface area (Å²) in [7, 11) is 0. The lowest BCUT2D eigenvalue weighted by atomic mass is 10.0. The van der Waals surface area contributed by atoms with Crippen LogP contribution in [-0.2, 0) is 6.42 Å². The molecule has 0 saturated carbocycles. The molecule has 0 amide bonds. The van der Waals surface area contributed by atoms with Gasteiger partial charge in [-0.2, -0.15) is 0 Å². The Kier molecular flexibility index (Phi) is 3.72. The molecule has 2 nitrogen and oxygen atoms in total. The van der Waals surface area contributed by atoms with Crippen molar-refractivity contribution in [2.24, 2.45) is 5.73 Å². The average Bonchev–Trinajstić information content (AvgIpc) is 2.08. The summed E-state index contributed by atoms with van der Waals surface area (Å²) in [5, 5.41) is 9.90. The average molecular weight is 200 g/mol. The lowest BCUT2D eigenvalue weighted by molar-refractivity contribution is 0.163. The standard InChI is InChI=1S/C10H14ClNO/c1-7(13)10(12)6-8-2-4-9(11)5-3-8/h2-5,7,10,13H,6,12H2,1H3/t7-,10+/m1/s1. The first-order valence-electron chi connectivity index (χ1n) is 4.27. The predicted molar refractivity (Wildman–Crippen MR) is 54.8 cm³/mol. The summed E-state index contributed by atoms with van der Waals surface area (Å²) in [5.41, 5.74) is 6.80. The zero-order valence-electron chi connectivity index (χ0n) is 7.57. The molecule has 1 aromatic carbocycles. The largest absolute Gasteiger partial charge is 0.392 e. The lowest BCUT2D eigenvalue weighted by Gasteiger charge is -2.14. The van der Waals surface area contributed by atoms with Gasteiger partial charge in [-0.15, -0.1) is 0 Å². The van der Waals surface area contributed by atoms with Crippen molar-refractivity contribution in [3.05, 3.63) is 34.9 Å². The minimum Gasteiger partial charge on any atom is -0.392 e. The van der Waals surface area contributed by atoms with Gasteiger partial charge in [0.25, 0.3) is 0 Å². The molecule has 0 spiro atoms. The van der Waals surface area contributed by atoms with Crippen LogP contribution in [0.1, 0.15) is 12.5 Å². The maximum absolute atomic E-state index is 9.19. The van der Waals surface area contributed by atoms with Crippen LogP contribution in [0.2, 0.25) is 5.02 Å². The highest BCUT2D eigenvalue weighted by molar-refractivity contribution is 6.30. The molecule has 0 aliphatic rings. The van der Waals surface area contributed by atoms with E-state index in [1.807, 2.05) is 24.3 Å². The molecule has 0 saturated heterocycles. The molecule has 1 aromatic rings. The second-order valence-corrected chi connectivity index (χ2v) is 3.67. The fourth-order valence-corrected chi connectivity index (χ4v) is 1.19. The molecule has 0 aliphatic heterocycles. The van der Waals surface area contributed by atoms with E-state index in [0.29, 0.717) is 6.42 Å². The Labute approximate surface area is 83.3 Å². The summed E-state index contributed by atoms with van der Waals surface area (Å²) in [6, 6.07) is 7.29. The Bertz CT molecular complexity index is 258. The van der Waals surface area contributed by atoms with Crippen LogP contribution >= 0.6 is 11.6 Å². The Morgan fingerprint density at radius 3 is 2.38 bits per heavy atom. The number of hydrogen-bond acceptors (Lipinski definition) is 2. The van der Waals surface area contributed by atoms with Gasteiger partial charge in [0, 0.05) is 11.1 Å². The van der Waals surface area contributed by atoms with Crippen molar-refractivity contribution in [2.45, 2.75) is 25.5 Å². The number of halogens is 1. The van der Waals surface area contributed by atoms with Crippen molar-refractivity contribution in [1.82, 2.24) is 0 Å². The van der Waals surface area contributed by atoms with Crippen LogP contribution in [0.5, 0.6) is 0 Å². The first kappa shape index (κ1) is 10.5. The molecule has 0 aromatic heterocycles. The summed E-state index contributed by atoms with van der Waals surface area (Å²) >= 11 is 5.73. The Hall–Kier alpha value is -0.570. The van der Waals surface area contributed by atoms with Gasteiger partial charge >= 0.3 is 0 Å². The lowest BCUT2D eigenvalue weighted by Crippen LogP contribution is -2.34. The quantitative estimate of drug-likeness (QED) is 0.777. The van der Waals surface area contributed by atoms with E-state index in [1.165, 1.54) is 0 Å². The number of nitrogens with two attached hydrogens (primary N) is 1. The summed E-state index contributed by atoms with van der Waals surface area (Å²) in [4.78, 5) is 0. The van der Waals surface area contributed by atoms with E-state index in [0.717, 1.165) is 10.6 Å². The molecule has 72 valence electrons. The first-order valence-corrected chi connectivity index (χ1v) is 4.65. The van der Waals surface area contributed by atoms with Gasteiger partial charge < -0.3 is 10.8 Å². The Morgan fingerprint density at radius 1 is 1.38 bits per heavy atom. The molecular formula is C10H14ClNO. The van der Waals surface area contributed by atoms with E-state index in [-0.39, 0.29) is 6.04 Å². The minimum atomic E-state index is -0.476. The fourth-order valence-electron chi connectivity index (χ4n) is 1.06. The van der Waals surface area contributed by atoms with Crippen molar-refractivity contribution in [3.8, 4) is 0 Å². The van der Waals surface area contributed by atoms with Crippen molar-refractivity contribution in [2.75, 3.05) is 0 Å². The van der Waals surface area contributed by atoms with Crippen molar-refractivity contribution in [3.63, 3.8) is 0 Å². The van der Waals surface area contributed by atoms with E-state index in [4.69, 9.17) is 17.3 Å². The molecule has 13 heavy (non-hydrogen) atoms. The summed E-state index contributed by atoms with van der Waals surface area (Å²) in [6.07, 6.45) is 0.199. The third-order valence-corrected chi connectivity index (χ3v) is 2.26. The third-order valence-electron chi connectivity index (χ3n) is 2.00. The number of hydrogen-bond donors (Lipinski definition) is 2. The van der Waals surface area contributed by atoms with Gasteiger partial charge in [-0.1, -0.05) is 23.7 Å². The van der Waals surface area contributed by atoms with E-state index in [1.54, 1.807) is 6.92 Å². The molecule has 0 heterocycles. The van der Waals surface area contributed by atoms with Crippen LogP contribution in [0.3, 0.4) is 0 Å². The Morgan fingerprint density at radius 2 is 1.92 bits per heavy atom. The monoisotopic (exact) mass is 199 g/mol. The second-order valence-electron chi connectivity index (χ2n) is 3.24. The molecule has 0 bridgehead atoms. The maximum Gasteiger partial charge on any atom is 0.0666 e. The highest BCUT2D eigenvalue weighted by Gasteiger charge is 2.09. The van der Waals surface area contributed by atoms with Gasteiger partial charge in [-0.25, -0.2) is 0 Å². The predicted octanol–water partition coefficient (Wildman–Crippen LogP) is 1.59. The van der Waals surface area contributed by atoms with E-state index < -0.39 is 6.10 Å². The molecule has 2 atom stereocenters. The van der Waals surface area contributed by atoms with Crippen molar-refractivity contribution in [1.29, 1.82) is 0 Å². The molecular weight excluding hydrogens is 186 g/mol. The van der Waals surface area contributed by atoms with Gasteiger partial charge in [0.1, 0.15) is 0 Å². The Balaban J connectivity index is 2.59. The van der Waals surface area contributed by atoms with Crippen LogP contribution in [0.4, 0.5) is 0 Å². The van der Waals surface area contributed by atoms with Gasteiger partial charge in [0.15, 0.2) is 0 Å². The number of aliphatic hydroxyl groups excluding tert-OH is 1.